The van der Waals surface area contributed by atoms with Crippen molar-refractivity contribution in [2.45, 2.75) is 41.0 Å². The second-order valence-corrected chi connectivity index (χ2v) is 6.75. The molecule has 0 aromatic carbocycles. The van der Waals surface area contributed by atoms with Gasteiger partial charge in [0.25, 0.3) is 0 Å². The van der Waals surface area contributed by atoms with E-state index in [9.17, 15) is 4.79 Å². The fraction of sp³-hybridized carbons (Fsp3) is 0.600. The Bertz CT molecular complexity index is 599. The summed E-state index contributed by atoms with van der Waals surface area (Å²) in [6.07, 6.45) is 0.528. The normalized spacial score (nSPS) is 11.3. The fourth-order valence-corrected chi connectivity index (χ4v) is 2.83. The Labute approximate surface area is 152 Å². The molecule has 1 aromatic heterocycles. The molecule has 134 valence electrons. The maximum atomic E-state index is 11.6. The van der Waals surface area contributed by atoms with E-state index in [0.29, 0.717) is 28.3 Å². The first kappa shape index (κ1) is 20.3. The van der Waals surface area contributed by atoms with Gasteiger partial charge in [0.1, 0.15) is 5.00 Å². The molecule has 0 aliphatic heterocycles. The summed E-state index contributed by atoms with van der Waals surface area (Å²) in [5.74, 6) is 0.613. The maximum Gasteiger partial charge on any atom is 0.412 e. The van der Waals surface area contributed by atoms with E-state index in [1.807, 2.05) is 13.8 Å². The van der Waals surface area contributed by atoms with Gasteiger partial charge in [-0.05, 0) is 56.9 Å². The average Bonchev–Trinajstić information content (AvgIpc) is 2.85. The molecule has 0 spiro atoms. The van der Waals surface area contributed by atoms with E-state index in [0.717, 1.165) is 24.2 Å². The Kier molecular flexibility index (Phi) is 8.62. The van der Waals surface area contributed by atoms with Gasteiger partial charge in [-0.15, -0.1) is 0 Å². The average molecular weight is 372 g/mol. The minimum Gasteiger partial charge on any atom is -0.450 e. The van der Waals surface area contributed by atoms with Crippen LogP contribution in [0.25, 0.3) is 0 Å². The molecule has 24 heavy (non-hydrogen) atoms. The molecular formula is C15H25N5O2S2. The molecule has 0 unspecified atom stereocenters. The highest BCUT2D eigenvalue weighted by atomic mass is 32.1. The number of amides is 1. The highest BCUT2D eigenvalue weighted by Gasteiger charge is 2.16. The van der Waals surface area contributed by atoms with Gasteiger partial charge in [0.15, 0.2) is 5.11 Å². The number of carbonyl (C=O) groups is 1. The van der Waals surface area contributed by atoms with Crippen molar-refractivity contribution in [1.82, 2.24) is 15.1 Å². The highest BCUT2D eigenvalue weighted by molar-refractivity contribution is 7.80. The highest BCUT2D eigenvalue weighted by Crippen LogP contribution is 2.25. The Morgan fingerprint density at radius 2 is 2.17 bits per heavy atom. The molecule has 0 saturated heterocycles. The predicted octanol–water partition coefficient (Wildman–Crippen LogP) is 3.25. The summed E-state index contributed by atoms with van der Waals surface area (Å²) >= 11 is 6.38. The predicted molar refractivity (Wildman–Crippen MR) is 103 cm³/mol. The van der Waals surface area contributed by atoms with Crippen molar-refractivity contribution in [3.8, 4) is 0 Å². The van der Waals surface area contributed by atoms with Crippen LogP contribution in [-0.4, -0.2) is 34.4 Å². The van der Waals surface area contributed by atoms with Gasteiger partial charge in [0, 0.05) is 6.54 Å². The van der Waals surface area contributed by atoms with Gasteiger partial charge in [-0.2, -0.15) is 9.47 Å². The summed E-state index contributed by atoms with van der Waals surface area (Å²) in [5.41, 5.74) is 5.05. The topological polar surface area (TPSA) is 87.6 Å². The van der Waals surface area contributed by atoms with Crippen LogP contribution in [0, 0.1) is 12.8 Å². The summed E-state index contributed by atoms with van der Waals surface area (Å²) in [6, 6.07) is 0. The molecule has 0 radical (unpaired) electrons. The van der Waals surface area contributed by atoms with Gasteiger partial charge in [-0.25, -0.2) is 4.79 Å². The van der Waals surface area contributed by atoms with Crippen molar-refractivity contribution in [3.63, 3.8) is 0 Å². The van der Waals surface area contributed by atoms with Crippen molar-refractivity contribution in [1.29, 1.82) is 0 Å². The first-order valence-corrected chi connectivity index (χ1v) is 9.01. The zero-order valence-corrected chi connectivity index (χ0v) is 16.4. The van der Waals surface area contributed by atoms with Crippen molar-refractivity contribution < 1.29 is 9.53 Å². The summed E-state index contributed by atoms with van der Waals surface area (Å²) in [5, 5.41) is 11.1. The third-order valence-corrected chi connectivity index (χ3v) is 4.14. The van der Waals surface area contributed by atoms with Gasteiger partial charge in [0.2, 0.25) is 0 Å². The Morgan fingerprint density at radius 1 is 1.46 bits per heavy atom. The number of hydrogen-bond donors (Lipinski definition) is 3. The first-order valence-electron chi connectivity index (χ1n) is 7.83. The molecule has 1 aromatic rings. The van der Waals surface area contributed by atoms with Gasteiger partial charge >= 0.3 is 6.09 Å². The number of hydrazone groups is 1. The van der Waals surface area contributed by atoms with E-state index < -0.39 is 6.09 Å². The van der Waals surface area contributed by atoms with Crippen LogP contribution in [-0.2, 0) is 4.74 Å². The van der Waals surface area contributed by atoms with Crippen molar-refractivity contribution in [2.75, 3.05) is 18.5 Å². The molecule has 0 fully saturated rings. The smallest absolute Gasteiger partial charge is 0.412 e. The molecule has 1 rings (SSSR count). The second kappa shape index (κ2) is 10.2. The molecule has 7 nitrogen and oxygen atoms in total. The number of carbonyl (C=O) groups excluding carboxylic acids is 1. The summed E-state index contributed by atoms with van der Waals surface area (Å²) in [6.45, 7) is 10.9. The maximum absolute atomic E-state index is 11.6. The largest absolute Gasteiger partial charge is 0.450 e. The zero-order chi connectivity index (χ0) is 18.1. The number of nitrogens with zero attached hydrogens (tertiary/aromatic N) is 2. The van der Waals surface area contributed by atoms with E-state index in [2.05, 4.69) is 39.4 Å². The SMILES string of the molecule is CCOC(=O)Nc1snc(C)c1/C(C)=N/NC(=S)NCCC(C)C. The van der Waals surface area contributed by atoms with E-state index in [1.54, 1.807) is 6.92 Å². The van der Waals surface area contributed by atoms with E-state index in [4.69, 9.17) is 17.0 Å². The zero-order valence-electron chi connectivity index (χ0n) is 14.7. The Morgan fingerprint density at radius 3 is 2.79 bits per heavy atom. The number of ether oxygens (including phenoxy) is 1. The second-order valence-electron chi connectivity index (χ2n) is 5.57. The van der Waals surface area contributed by atoms with Crippen LogP contribution in [0.2, 0.25) is 0 Å². The number of nitrogens with one attached hydrogen (secondary N) is 3. The Balaban J connectivity index is 2.69. The van der Waals surface area contributed by atoms with Crippen LogP contribution in [0.3, 0.4) is 0 Å². The molecule has 0 aliphatic rings. The number of anilines is 1. The Hall–Kier alpha value is -1.74. The monoisotopic (exact) mass is 371 g/mol. The molecule has 1 amide bonds. The van der Waals surface area contributed by atoms with Crippen molar-refractivity contribution in [3.05, 3.63) is 11.3 Å². The fourth-order valence-electron chi connectivity index (χ4n) is 1.85. The summed E-state index contributed by atoms with van der Waals surface area (Å²) in [4.78, 5) is 11.6. The van der Waals surface area contributed by atoms with Gasteiger partial charge < -0.3 is 10.1 Å². The number of rotatable bonds is 7. The third-order valence-electron chi connectivity index (χ3n) is 3.05. The lowest BCUT2D eigenvalue weighted by atomic mass is 10.1. The quantitative estimate of drug-likeness (QED) is 0.387. The standard InChI is InChI=1S/C15H25N5O2S2/c1-6-22-15(21)17-13-12(11(5)20-24-13)10(4)18-19-14(23)16-8-7-9(2)3/h9H,6-8H2,1-5H3,(H,17,21)(H2,16,19,23)/b18-10+. The lowest BCUT2D eigenvalue weighted by Gasteiger charge is -2.10. The lowest BCUT2D eigenvalue weighted by molar-refractivity contribution is 0.168. The van der Waals surface area contributed by atoms with Gasteiger partial charge in [-0.3, -0.25) is 10.7 Å². The van der Waals surface area contributed by atoms with Gasteiger partial charge in [0.05, 0.1) is 23.6 Å². The molecule has 0 atom stereocenters. The number of aryl methyl sites for hydroxylation is 1. The molecule has 3 N–H and O–H groups in total. The van der Waals surface area contributed by atoms with E-state index >= 15 is 0 Å². The van der Waals surface area contributed by atoms with Crippen LogP contribution in [0.4, 0.5) is 9.80 Å². The summed E-state index contributed by atoms with van der Waals surface area (Å²) in [7, 11) is 0. The van der Waals surface area contributed by atoms with Crippen LogP contribution >= 0.6 is 23.8 Å². The molecule has 9 heteroatoms. The molecular weight excluding hydrogens is 346 g/mol. The van der Waals surface area contributed by atoms with Gasteiger partial charge in [-0.1, -0.05) is 13.8 Å². The minimum absolute atomic E-state index is 0.309. The minimum atomic E-state index is -0.506. The van der Waals surface area contributed by atoms with Crippen LogP contribution in [0.5, 0.6) is 0 Å². The molecule has 0 aliphatic carbocycles. The molecule has 0 bridgehead atoms. The number of aromatic nitrogens is 1. The van der Waals surface area contributed by atoms with E-state index in [1.165, 1.54) is 11.5 Å². The lowest BCUT2D eigenvalue weighted by Crippen LogP contribution is -2.33. The van der Waals surface area contributed by atoms with Crippen molar-refractivity contribution in [2.24, 2.45) is 11.0 Å². The van der Waals surface area contributed by atoms with Crippen LogP contribution in [0.15, 0.2) is 5.10 Å². The third kappa shape index (κ3) is 6.79. The van der Waals surface area contributed by atoms with Crippen LogP contribution in [0.1, 0.15) is 45.4 Å². The molecule has 0 saturated carbocycles. The molecule has 1 heterocycles. The summed E-state index contributed by atoms with van der Waals surface area (Å²) < 4.78 is 9.16. The van der Waals surface area contributed by atoms with Crippen molar-refractivity contribution >= 4 is 45.7 Å². The number of thiocarbonyl (C=S) groups is 1. The van der Waals surface area contributed by atoms with E-state index in [-0.39, 0.29) is 0 Å². The first-order chi connectivity index (χ1) is 11.3. The number of hydrogen-bond acceptors (Lipinski definition) is 6. The van der Waals surface area contributed by atoms with Crippen LogP contribution < -0.4 is 16.1 Å².